The van der Waals surface area contributed by atoms with Crippen molar-refractivity contribution in [1.82, 2.24) is 0 Å². The van der Waals surface area contributed by atoms with Crippen molar-refractivity contribution in [2.45, 2.75) is 46.8 Å². The van der Waals surface area contributed by atoms with Crippen LogP contribution in [-0.2, 0) is 14.2 Å². The van der Waals surface area contributed by atoms with Crippen LogP contribution in [0.4, 0.5) is 0 Å². The molecule has 0 radical (unpaired) electrons. The molecule has 0 spiro atoms. The highest BCUT2D eigenvalue weighted by Gasteiger charge is 2.29. The van der Waals surface area contributed by atoms with Gasteiger partial charge in [0.2, 0.25) is 0 Å². The molecule has 0 amide bonds. The molecule has 2 aliphatic rings. The van der Waals surface area contributed by atoms with Gasteiger partial charge < -0.3 is 14.2 Å². The van der Waals surface area contributed by atoms with Crippen LogP contribution in [0.5, 0.6) is 0 Å². The van der Waals surface area contributed by atoms with Crippen molar-refractivity contribution in [1.29, 1.82) is 0 Å². The van der Waals surface area contributed by atoms with Crippen LogP contribution in [0, 0.1) is 19.3 Å². The molecule has 2 fully saturated rings. The SMILES string of the molecule is C1CCOC1.Cc1ccc(C2OCC(C)(C)CO2)cc1C. The van der Waals surface area contributed by atoms with Gasteiger partial charge >= 0.3 is 0 Å². The fourth-order valence-corrected chi connectivity index (χ4v) is 2.31. The lowest BCUT2D eigenvalue weighted by atomic mass is 9.95. The third-order valence-electron chi connectivity index (χ3n) is 3.88. The van der Waals surface area contributed by atoms with Gasteiger partial charge in [0.15, 0.2) is 6.29 Å². The Morgan fingerprint density at radius 1 is 0.952 bits per heavy atom. The number of benzene rings is 1. The lowest BCUT2D eigenvalue weighted by Gasteiger charge is -2.34. The molecule has 1 aromatic carbocycles. The normalized spacial score (nSPS) is 21.7. The van der Waals surface area contributed by atoms with Crippen molar-refractivity contribution in [3.63, 3.8) is 0 Å². The quantitative estimate of drug-likeness (QED) is 0.777. The zero-order valence-corrected chi connectivity index (χ0v) is 13.8. The van der Waals surface area contributed by atoms with Gasteiger partial charge in [0.05, 0.1) is 13.2 Å². The van der Waals surface area contributed by atoms with Crippen LogP contribution in [0.15, 0.2) is 18.2 Å². The first kappa shape index (κ1) is 16.5. The van der Waals surface area contributed by atoms with E-state index in [-0.39, 0.29) is 11.7 Å². The Morgan fingerprint density at radius 2 is 1.57 bits per heavy atom. The summed E-state index contributed by atoms with van der Waals surface area (Å²) in [5, 5.41) is 0. The highest BCUT2D eigenvalue weighted by atomic mass is 16.7. The van der Waals surface area contributed by atoms with Gasteiger partial charge in [-0.15, -0.1) is 0 Å². The predicted molar refractivity (Wildman–Crippen MR) is 84.4 cm³/mol. The fraction of sp³-hybridized carbons (Fsp3) is 0.667. The summed E-state index contributed by atoms with van der Waals surface area (Å²) >= 11 is 0. The summed E-state index contributed by atoms with van der Waals surface area (Å²) in [7, 11) is 0. The number of hydrogen-bond donors (Lipinski definition) is 0. The molecular weight excluding hydrogens is 264 g/mol. The number of ether oxygens (including phenoxy) is 3. The third kappa shape index (κ3) is 5.10. The van der Waals surface area contributed by atoms with Crippen LogP contribution in [0.2, 0.25) is 0 Å². The van der Waals surface area contributed by atoms with Gasteiger partial charge in [-0.25, -0.2) is 0 Å². The number of aryl methyl sites for hydroxylation is 2. The molecule has 0 N–H and O–H groups in total. The van der Waals surface area contributed by atoms with E-state index in [9.17, 15) is 0 Å². The lowest BCUT2D eigenvalue weighted by Crippen LogP contribution is -2.33. The molecule has 0 unspecified atom stereocenters. The second-order valence-corrected chi connectivity index (χ2v) is 6.78. The van der Waals surface area contributed by atoms with Crippen molar-refractivity contribution in [2.24, 2.45) is 5.41 Å². The summed E-state index contributed by atoms with van der Waals surface area (Å²) in [6, 6.07) is 6.36. The van der Waals surface area contributed by atoms with Gasteiger partial charge in [-0.1, -0.05) is 32.0 Å². The predicted octanol–water partition coefficient (Wildman–Crippen LogP) is 4.17. The van der Waals surface area contributed by atoms with Gasteiger partial charge in [-0.05, 0) is 37.8 Å². The van der Waals surface area contributed by atoms with Crippen LogP contribution < -0.4 is 0 Å². The third-order valence-corrected chi connectivity index (χ3v) is 3.88. The molecule has 1 aromatic rings. The van der Waals surface area contributed by atoms with E-state index >= 15 is 0 Å². The van der Waals surface area contributed by atoms with Crippen molar-refractivity contribution < 1.29 is 14.2 Å². The van der Waals surface area contributed by atoms with E-state index in [4.69, 9.17) is 14.2 Å². The molecule has 0 aliphatic carbocycles. The summed E-state index contributed by atoms with van der Waals surface area (Å²) in [4.78, 5) is 0. The zero-order valence-electron chi connectivity index (χ0n) is 13.8. The first-order valence-corrected chi connectivity index (χ1v) is 7.86. The molecule has 2 saturated heterocycles. The van der Waals surface area contributed by atoms with Crippen LogP contribution in [-0.4, -0.2) is 26.4 Å². The second kappa shape index (κ2) is 7.39. The van der Waals surface area contributed by atoms with E-state index in [0.717, 1.165) is 32.0 Å². The smallest absolute Gasteiger partial charge is 0.183 e. The Kier molecular flexibility index (Phi) is 5.80. The topological polar surface area (TPSA) is 27.7 Å². The summed E-state index contributed by atoms with van der Waals surface area (Å²) in [6.45, 7) is 12.1. The Bertz CT molecular complexity index is 432. The standard InChI is InChI=1S/C14H20O2.C4H8O/c1-10-5-6-12(7-11(10)2)13-15-8-14(3,4)9-16-13;1-2-4-5-3-1/h5-7,13H,8-9H2,1-4H3;1-4H2. The first-order valence-electron chi connectivity index (χ1n) is 7.86. The minimum Gasteiger partial charge on any atom is -0.381 e. The molecular formula is C18H28O3. The second-order valence-electron chi connectivity index (χ2n) is 6.78. The Balaban J connectivity index is 0.000000272. The van der Waals surface area contributed by atoms with Crippen LogP contribution in [0.3, 0.4) is 0 Å². The summed E-state index contributed by atoms with van der Waals surface area (Å²) in [5.41, 5.74) is 3.85. The molecule has 21 heavy (non-hydrogen) atoms. The average Bonchev–Trinajstić information content (AvgIpc) is 3.01. The highest BCUT2D eigenvalue weighted by molar-refractivity contribution is 5.30. The summed E-state index contributed by atoms with van der Waals surface area (Å²) in [6.07, 6.45) is 2.37. The molecule has 0 saturated carbocycles. The number of rotatable bonds is 1. The van der Waals surface area contributed by atoms with E-state index in [2.05, 4.69) is 45.9 Å². The van der Waals surface area contributed by atoms with Crippen molar-refractivity contribution >= 4 is 0 Å². The molecule has 0 aromatic heterocycles. The van der Waals surface area contributed by atoms with Crippen LogP contribution in [0.1, 0.15) is 49.7 Å². The maximum Gasteiger partial charge on any atom is 0.183 e. The molecule has 2 heterocycles. The Morgan fingerprint density at radius 3 is 2.05 bits per heavy atom. The molecule has 3 nitrogen and oxygen atoms in total. The van der Waals surface area contributed by atoms with Crippen molar-refractivity contribution in [2.75, 3.05) is 26.4 Å². The van der Waals surface area contributed by atoms with Gasteiger partial charge in [0, 0.05) is 24.2 Å². The average molecular weight is 292 g/mol. The Labute approximate surface area is 128 Å². The highest BCUT2D eigenvalue weighted by Crippen LogP contribution is 2.31. The summed E-state index contributed by atoms with van der Waals surface area (Å²) < 4.78 is 16.4. The van der Waals surface area contributed by atoms with E-state index < -0.39 is 0 Å². The molecule has 118 valence electrons. The largest absolute Gasteiger partial charge is 0.381 e. The maximum absolute atomic E-state index is 5.75. The van der Waals surface area contributed by atoms with E-state index in [1.807, 2.05) is 0 Å². The first-order chi connectivity index (χ1) is 9.98. The summed E-state index contributed by atoms with van der Waals surface area (Å²) in [5.74, 6) is 0. The van der Waals surface area contributed by atoms with E-state index in [1.165, 1.54) is 24.0 Å². The molecule has 0 atom stereocenters. The van der Waals surface area contributed by atoms with Crippen molar-refractivity contribution in [3.05, 3.63) is 34.9 Å². The zero-order chi connectivity index (χ0) is 15.3. The fourth-order valence-electron chi connectivity index (χ4n) is 2.31. The lowest BCUT2D eigenvalue weighted by molar-refractivity contribution is -0.226. The molecule has 2 aliphatic heterocycles. The molecule has 0 bridgehead atoms. The minimum atomic E-state index is -0.188. The maximum atomic E-state index is 5.75. The van der Waals surface area contributed by atoms with Crippen molar-refractivity contribution in [3.8, 4) is 0 Å². The monoisotopic (exact) mass is 292 g/mol. The molecule has 3 rings (SSSR count). The Hall–Kier alpha value is -0.900. The van der Waals surface area contributed by atoms with E-state index in [0.29, 0.717) is 0 Å². The van der Waals surface area contributed by atoms with Crippen LogP contribution in [0.25, 0.3) is 0 Å². The molecule has 3 heteroatoms. The van der Waals surface area contributed by atoms with Gasteiger partial charge in [0.1, 0.15) is 0 Å². The van der Waals surface area contributed by atoms with E-state index in [1.54, 1.807) is 0 Å². The van der Waals surface area contributed by atoms with Crippen LogP contribution >= 0.6 is 0 Å². The van der Waals surface area contributed by atoms with Gasteiger partial charge in [-0.2, -0.15) is 0 Å². The van der Waals surface area contributed by atoms with Gasteiger partial charge in [-0.3, -0.25) is 0 Å². The minimum absolute atomic E-state index is 0.135. The number of hydrogen-bond acceptors (Lipinski definition) is 3. The van der Waals surface area contributed by atoms with Gasteiger partial charge in [0.25, 0.3) is 0 Å².